The zero-order valence-electron chi connectivity index (χ0n) is 8.21. The van der Waals surface area contributed by atoms with E-state index in [2.05, 4.69) is 11.4 Å². The van der Waals surface area contributed by atoms with Crippen LogP contribution in [0.15, 0.2) is 18.2 Å². The first-order chi connectivity index (χ1) is 6.70. The van der Waals surface area contributed by atoms with Gasteiger partial charge in [0, 0.05) is 18.2 Å². The molecule has 1 amide bonds. The van der Waals surface area contributed by atoms with Crippen LogP contribution >= 0.6 is 0 Å². The lowest BCUT2D eigenvalue weighted by molar-refractivity contribution is 0.0927. The molecule has 0 spiro atoms. The fraction of sp³-hybridized carbons (Fsp3) is 0.364. The quantitative estimate of drug-likeness (QED) is 0.681. The lowest BCUT2D eigenvalue weighted by Crippen LogP contribution is -2.45. The number of nitrogens with two attached hydrogens (primary N) is 1. The average Bonchev–Trinajstić information content (AvgIpc) is 2.16. The van der Waals surface area contributed by atoms with Gasteiger partial charge in [-0.05, 0) is 25.0 Å². The van der Waals surface area contributed by atoms with E-state index in [0.717, 1.165) is 17.5 Å². The lowest BCUT2D eigenvalue weighted by Gasteiger charge is -2.24. The number of fused-ring (bicyclic) bond motifs is 1. The maximum absolute atomic E-state index is 11.6. The van der Waals surface area contributed by atoms with Crippen molar-refractivity contribution in [3.63, 3.8) is 0 Å². The number of carbonyl (C=O) groups excluding carboxylic acids is 1. The van der Waals surface area contributed by atoms with Crippen LogP contribution in [0.4, 0.5) is 0 Å². The van der Waals surface area contributed by atoms with E-state index in [-0.39, 0.29) is 11.9 Å². The van der Waals surface area contributed by atoms with Gasteiger partial charge >= 0.3 is 0 Å². The maximum atomic E-state index is 11.6. The minimum Gasteiger partial charge on any atom is -0.348 e. The molecule has 3 N–H and O–H groups in total. The van der Waals surface area contributed by atoms with Crippen molar-refractivity contribution in [2.45, 2.75) is 19.4 Å². The Bertz CT molecular complexity index is 374. The van der Waals surface area contributed by atoms with Crippen molar-refractivity contribution < 1.29 is 4.79 Å². The van der Waals surface area contributed by atoms with Crippen LogP contribution in [-0.4, -0.2) is 18.5 Å². The highest BCUT2D eigenvalue weighted by molar-refractivity contribution is 5.97. The number of amides is 1. The fourth-order valence-corrected chi connectivity index (χ4v) is 1.83. The first kappa shape index (κ1) is 9.21. The van der Waals surface area contributed by atoms with Gasteiger partial charge in [0.1, 0.15) is 0 Å². The maximum Gasteiger partial charge on any atom is 0.251 e. The molecule has 74 valence electrons. The highest BCUT2D eigenvalue weighted by atomic mass is 16.1. The minimum atomic E-state index is 0.00157. The molecular weight excluding hydrogens is 176 g/mol. The Labute approximate surface area is 83.3 Å². The molecule has 1 atom stereocenters. The lowest BCUT2D eigenvalue weighted by atomic mass is 9.94. The van der Waals surface area contributed by atoms with Crippen LogP contribution in [0.3, 0.4) is 0 Å². The Hall–Kier alpha value is -1.35. The van der Waals surface area contributed by atoms with Gasteiger partial charge in [0.05, 0.1) is 0 Å². The Morgan fingerprint density at radius 1 is 1.57 bits per heavy atom. The fourth-order valence-electron chi connectivity index (χ4n) is 1.83. The first-order valence-electron chi connectivity index (χ1n) is 4.81. The summed E-state index contributed by atoms with van der Waals surface area (Å²) in [6.45, 7) is 2.53. The van der Waals surface area contributed by atoms with Crippen molar-refractivity contribution in [2.24, 2.45) is 5.73 Å². The number of nitrogens with one attached hydrogen (secondary N) is 1. The number of carbonyl (C=O) groups is 1. The predicted octanol–water partition coefficient (Wildman–Crippen LogP) is 0.608. The summed E-state index contributed by atoms with van der Waals surface area (Å²) in [5, 5.41) is 2.88. The molecular formula is C11H14N2O. The number of benzene rings is 1. The zero-order valence-corrected chi connectivity index (χ0v) is 8.21. The number of hydrogen-bond donors (Lipinski definition) is 2. The number of hydrogen-bond acceptors (Lipinski definition) is 2. The van der Waals surface area contributed by atoms with Gasteiger partial charge in [-0.25, -0.2) is 0 Å². The second-order valence-electron chi connectivity index (χ2n) is 3.77. The molecule has 0 saturated heterocycles. The molecule has 1 aliphatic rings. The van der Waals surface area contributed by atoms with Crippen molar-refractivity contribution in [1.82, 2.24) is 5.32 Å². The molecule has 0 fully saturated rings. The molecule has 1 unspecified atom stereocenters. The summed E-state index contributed by atoms with van der Waals surface area (Å²) in [6, 6.07) is 6.00. The van der Waals surface area contributed by atoms with E-state index in [9.17, 15) is 4.79 Å². The summed E-state index contributed by atoms with van der Waals surface area (Å²) in [4.78, 5) is 11.6. The highest BCUT2D eigenvalue weighted by Gasteiger charge is 2.22. The number of rotatable bonds is 1. The van der Waals surface area contributed by atoms with Crippen molar-refractivity contribution in [1.29, 1.82) is 0 Å². The van der Waals surface area contributed by atoms with Crippen LogP contribution in [0.25, 0.3) is 0 Å². The molecule has 0 radical (unpaired) electrons. The predicted molar refractivity (Wildman–Crippen MR) is 55.2 cm³/mol. The van der Waals surface area contributed by atoms with Crippen LogP contribution < -0.4 is 11.1 Å². The summed E-state index contributed by atoms with van der Waals surface area (Å²) >= 11 is 0. The molecule has 0 saturated carbocycles. The molecule has 3 nitrogen and oxygen atoms in total. The van der Waals surface area contributed by atoms with E-state index in [1.807, 2.05) is 19.1 Å². The smallest absolute Gasteiger partial charge is 0.251 e. The third kappa shape index (κ3) is 1.51. The van der Waals surface area contributed by atoms with Gasteiger partial charge in [-0.1, -0.05) is 17.7 Å². The average molecular weight is 190 g/mol. The van der Waals surface area contributed by atoms with Gasteiger partial charge in [-0.15, -0.1) is 0 Å². The Morgan fingerprint density at radius 2 is 2.36 bits per heavy atom. The van der Waals surface area contributed by atoms with E-state index >= 15 is 0 Å². The molecule has 0 aromatic heterocycles. The monoisotopic (exact) mass is 190 g/mol. The summed E-state index contributed by atoms with van der Waals surface area (Å²) in [5.74, 6) is 0.00157. The van der Waals surface area contributed by atoms with Gasteiger partial charge in [0.15, 0.2) is 0 Å². The molecule has 2 rings (SSSR count). The van der Waals surface area contributed by atoms with Gasteiger partial charge in [-0.3, -0.25) is 4.79 Å². The third-order valence-corrected chi connectivity index (χ3v) is 2.59. The summed E-state index contributed by atoms with van der Waals surface area (Å²) in [6.07, 6.45) is 0.846. The van der Waals surface area contributed by atoms with Crippen LogP contribution in [0.2, 0.25) is 0 Å². The zero-order chi connectivity index (χ0) is 10.1. The van der Waals surface area contributed by atoms with Crippen LogP contribution in [0.5, 0.6) is 0 Å². The van der Waals surface area contributed by atoms with Crippen molar-refractivity contribution in [3.8, 4) is 0 Å². The summed E-state index contributed by atoms with van der Waals surface area (Å²) < 4.78 is 0. The van der Waals surface area contributed by atoms with E-state index in [1.54, 1.807) is 0 Å². The molecule has 1 aromatic carbocycles. The SMILES string of the molecule is Cc1ccc2c(c1)CC(CN)NC2=O. The second-order valence-corrected chi connectivity index (χ2v) is 3.77. The third-order valence-electron chi connectivity index (χ3n) is 2.59. The second kappa shape index (κ2) is 3.42. The highest BCUT2D eigenvalue weighted by Crippen LogP contribution is 2.17. The number of aryl methyl sites for hydroxylation is 1. The van der Waals surface area contributed by atoms with E-state index in [0.29, 0.717) is 6.54 Å². The van der Waals surface area contributed by atoms with Crippen LogP contribution in [0, 0.1) is 6.92 Å². The van der Waals surface area contributed by atoms with Crippen LogP contribution in [0.1, 0.15) is 21.5 Å². The van der Waals surface area contributed by atoms with Gasteiger partial charge in [-0.2, -0.15) is 0 Å². The first-order valence-corrected chi connectivity index (χ1v) is 4.81. The minimum absolute atomic E-state index is 0.00157. The topological polar surface area (TPSA) is 55.1 Å². The molecule has 1 aliphatic heterocycles. The summed E-state index contributed by atoms with van der Waals surface area (Å²) in [5.41, 5.74) is 8.64. The van der Waals surface area contributed by atoms with E-state index < -0.39 is 0 Å². The Balaban J connectivity index is 2.40. The van der Waals surface area contributed by atoms with Crippen molar-refractivity contribution >= 4 is 5.91 Å². The molecule has 3 heteroatoms. The largest absolute Gasteiger partial charge is 0.348 e. The molecule has 14 heavy (non-hydrogen) atoms. The van der Waals surface area contributed by atoms with Gasteiger partial charge in [0.2, 0.25) is 0 Å². The standard InChI is InChI=1S/C11H14N2O/c1-7-2-3-10-8(4-7)5-9(6-12)13-11(10)14/h2-4,9H,5-6,12H2,1H3,(H,13,14). The van der Waals surface area contributed by atoms with E-state index in [4.69, 9.17) is 5.73 Å². The molecule has 1 heterocycles. The van der Waals surface area contributed by atoms with Gasteiger partial charge < -0.3 is 11.1 Å². The normalized spacial score (nSPS) is 20.1. The Kier molecular flexibility index (Phi) is 2.25. The molecule has 0 aliphatic carbocycles. The van der Waals surface area contributed by atoms with E-state index in [1.165, 1.54) is 5.56 Å². The van der Waals surface area contributed by atoms with Crippen molar-refractivity contribution in [2.75, 3.05) is 6.54 Å². The van der Waals surface area contributed by atoms with Crippen LogP contribution in [-0.2, 0) is 6.42 Å². The molecule has 0 bridgehead atoms. The van der Waals surface area contributed by atoms with Crippen molar-refractivity contribution in [3.05, 3.63) is 34.9 Å². The van der Waals surface area contributed by atoms with Gasteiger partial charge in [0.25, 0.3) is 5.91 Å². The summed E-state index contributed by atoms with van der Waals surface area (Å²) in [7, 11) is 0. The Morgan fingerprint density at radius 3 is 3.07 bits per heavy atom. The molecule has 1 aromatic rings.